The molecule has 2 rings (SSSR count). The van der Waals surface area contributed by atoms with Crippen LogP contribution in [0.15, 0.2) is 36.5 Å². The van der Waals surface area contributed by atoms with Crippen molar-refractivity contribution < 1.29 is 9.72 Å². The molecule has 0 saturated heterocycles. The second-order valence-electron chi connectivity index (χ2n) is 4.04. The number of benzene rings is 1. The van der Waals surface area contributed by atoms with Gasteiger partial charge in [0.2, 0.25) is 0 Å². The SMILES string of the molecule is Cc1ccc(NC(=O)c2cccc([N+](=O)[O-])c2Cl)cn1. The number of halogens is 1. The van der Waals surface area contributed by atoms with Crippen LogP contribution in [0.5, 0.6) is 0 Å². The summed E-state index contributed by atoms with van der Waals surface area (Å²) in [6, 6.07) is 7.50. The Kier molecular flexibility index (Phi) is 3.95. The first kappa shape index (κ1) is 14.0. The topological polar surface area (TPSA) is 85.1 Å². The van der Waals surface area contributed by atoms with E-state index < -0.39 is 10.8 Å². The van der Waals surface area contributed by atoms with Gasteiger partial charge in [0, 0.05) is 11.8 Å². The molecule has 0 saturated carbocycles. The van der Waals surface area contributed by atoms with E-state index in [1.54, 1.807) is 12.1 Å². The van der Waals surface area contributed by atoms with E-state index in [2.05, 4.69) is 10.3 Å². The number of aromatic nitrogens is 1. The number of rotatable bonds is 3. The second kappa shape index (κ2) is 5.66. The molecule has 6 nitrogen and oxygen atoms in total. The van der Waals surface area contributed by atoms with Crippen molar-refractivity contribution in [1.82, 2.24) is 4.98 Å². The van der Waals surface area contributed by atoms with Crippen molar-refractivity contribution in [3.63, 3.8) is 0 Å². The van der Waals surface area contributed by atoms with E-state index in [0.717, 1.165) is 5.69 Å². The minimum Gasteiger partial charge on any atom is -0.321 e. The fraction of sp³-hybridized carbons (Fsp3) is 0.0769. The van der Waals surface area contributed by atoms with Gasteiger partial charge in [0.1, 0.15) is 5.02 Å². The average molecular weight is 292 g/mol. The van der Waals surface area contributed by atoms with E-state index in [0.29, 0.717) is 5.69 Å². The lowest BCUT2D eigenvalue weighted by atomic mass is 10.2. The van der Waals surface area contributed by atoms with Gasteiger partial charge in [-0.1, -0.05) is 17.7 Å². The van der Waals surface area contributed by atoms with Gasteiger partial charge in [0.15, 0.2) is 0 Å². The third-order valence-corrected chi connectivity index (χ3v) is 2.99. The fourth-order valence-electron chi connectivity index (χ4n) is 1.58. The molecule has 0 unspecified atom stereocenters. The summed E-state index contributed by atoms with van der Waals surface area (Å²) in [4.78, 5) is 26.2. The van der Waals surface area contributed by atoms with E-state index in [4.69, 9.17) is 11.6 Å². The van der Waals surface area contributed by atoms with Gasteiger partial charge in [0.25, 0.3) is 11.6 Å². The molecular formula is C13H10ClN3O3. The quantitative estimate of drug-likeness (QED) is 0.695. The highest BCUT2D eigenvalue weighted by Crippen LogP contribution is 2.28. The van der Waals surface area contributed by atoms with Gasteiger partial charge >= 0.3 is 0 Å². The van der Waals surface area contributed by atoms with Crippen LogP contribution in [0, 0.1) is 17.0 Å². The van der Waals surface area contributed by atoms with E-state index in [1.807, 2.05) is 6.92 Å². The third kappa shape index (κ3) is 2.92. The van der Waals surface area contributed by atoms with Crippen LogP contribution in [-0.4, -0.2) is 15.8 Å². The molecule has 0 radical (unpaired) electrons. The van der Waals surface area contributed by atoms with Gasteiger partial charge in [0.05, 0.1) is 22.4 Å². The molecule has 0 aliphatic heterocycles. The summed E-state index contributed by atoms with van der Waals surface area (Å²) in [5.41, 5.74) is 1.04. The molecule has 0 aliphatic rings. The van der Waals surface area contributed by atoms with Crippen molar-refractivity contribution in [2.24, 2.45) is 0 Å². The molecule has 0 fully saturated rings. The molecule has 1 aromatic heterocycles. The maximum absolute atomic E-state index is 12.0. The van der Waals surface area contributed by atoms with Crippen LogP contribution in [0.4, 0.5) is 11.4 Å². The molecule has 0 aliphatic carbocycles. The van der Waals surface area contributed by atoms with Gasteiger partial charge in [-0.15, -0.1) is 0 Å². The van der Waals surface area contributed by atoms with Gasteiger partial charge in [-0.25, -0.2) is 0 Å². The summed E-state index contributed by atoms with van der Waals surface area (Å²) in [5, 5.41) is 13.2. The molecule has 2 aromatic rings. The largest absolute Gasteiger partial charge is 0.321 e. The predicted molar refractivity (Wildman–Crippen MR) is 75.0 cm³/mol. The Balaban J connectivity index is 2.28. The highest BCUT2D eigenvalue weighted by Gasteiger charge is 2.19. The van der Waals surface area contributed by atoms with Crippen LogP contribution in [0.25, 0.3) is 0 Å². The van der Waals surface area contributed by atoms with Gasteiger partial charge < -0.3 is 5.32 Å². The summed E-state index contributed by atoms with van der Waals surface area (Å²) >= 11 is 5.87. The van der Waals surface area contributed by atoms with Crippen LogP contribution < -0.4 is 5.32 Å². The summed E-state index contributed by atoms with van der Waals surface area (Å²) in [6.45, 7) is 1.82. The number of anilines is 1. The monoisotopic (exact) mass is 291 g/mol. The Morgan fingerprint density at radius 3 is 2.70 bits per heavy atom. The van der Waals surface area contributed by atoms with Crippen LogP contribution in [0.3, 0.4) is 0 Å². The highest BCUT2D eigenvalue weighted by molar-refractivity contribution is 6.36. The zero-order valence-electron chi connectivity index (χ0n) is 10.5. The van der Waals surface area contributed by atoms with Crippen molar-refractivity contribution in [2.45, 2.75) is 6.92 Å². The first-order chi connectivity index (χ1) is 9.49. The number of nitrogens with zero attached hydrogens (tertiary/aromatic N) is 2. The summed E-state index contributed by atoms with van der Waals surface area (Å²) in [7, 11) is 0. The average Bonchev–Trinajstić information content (AvgIpc) is 2.41. The Labute approximate surface area is 119 Å². The van der Waals surface area contributed by atoms with Crippen molar-refractivity contribution in [1.29, 1.82) is 0 Å². The smallest absolute Gasteiger partial charge is 0.288 e. The van der Waals surface area contributed by atoms with E-state index in [1.165, 1.54) is 24.4 Å². The summed E-state index contributed by atoms with van der Waals surface area (Å²) in [5.74, 6) is -0.524. The first-order valence-electron chi connectivity index (χ1n) is 5.66. The zero-order valence-corrected chi connectivity index (χ0v) is 11.2. The number of aryl methyl sites for hydroxylation is 1. The fourth-order valence-corrected chi connectivity index (χ4v) is 1.86. The normalized spacial score (nSPS) is 10.1. The lowest BCUT2D eigenvalue weighted by molar-refractivity contribution is -0.384. The number of carbonyl (C=O) groups excluding carboxylic acids is 1. The van der Waals surface area contributed by atoms with E-state index in [9.17, 15) is 14.9 Å². The maximum atomic E-state index is 12.0. The summed E-state index contributed by atoms with van der Waals surface area (Å²) < 4.78 is 0. The number of nitro groups is 1. The van der Waals surface area contributed by atoms with Crippen molar-refractivity contribution in [2.75, 3.05) is 5.32 Å². The van der Waals surface area contributed by atoms with Crippen molar-refractivity contribution >= 4 is 28.9 Å². The number of nitro benzene ring substituents is 1. The van der Waals surface area contributed by atoms with Gasteiger partial charge in [-0.3, -0.25) is 19.9 Å². The van der Waals surface area contributed by atoms with Gasteiger partial charge in [-0.05, 0) is 25.1 Å². The molecule has 1 aromatic carbocycles. The molecule has 1 amide bonds. The van der Waals surface area contributed by atoms with Crippen molar-refractivity contribution in [3.8, 4) is 0 Å². The van der Waals surface area contributed by atoms with Crippen LogP contribution >= 0.6 is 11.6 Å². The minimum absolute atomic E-state index is 0.0430. The number of amides is 1. The maximum Gasteiger partial charge on any atom is 0.288 e. The molecule has 1 N–H and O–H groups in total. The van der Waals surface area contributed by atoms with Crippen LogP contribution in [-0.2, 0) is 0 Å². The zero-order chi connectivity index (χ0) is 14.7. The molecular weight excluding hydrogens is 282 g/mol. The van der Waals surface area contributed by atoms with E-state index >= 15 is 0 Å². The van der Waals surface area contributed by atoms with Crippen LogP contribution in [0.2, 0.25) is 5.02 Å². The molecule has 0 spiro atoms. The molecule has 0 atom stereocenters. The molecule has 102 valence electrons. The molecule has 7 heteroatoms. The van der Waals surface area contributed by atoms with Crippen molar-refractivity contribution in [3.05, 3.63) is 62.9 Å². The Morgan fingerprint density at radius 1 is 1.35 bits per heavy atom. The number of hydrogen-bond acceptors (Lipinski definition) is 4. The second-order valence-corrected chi connectivity index (χ2v) is 4.42. The van der Waals surface area contributed by atoms with Gasteiger partial charge in [-0.2, -0.15) is 0 Å². The number of pyridine rings is 1. The van der Waals surface area contributed by atoms with E-state index in [-0.39, 0.29) is 16.3 Å². The Hall–Kier alpha value is -2.47. The highest BCUT2D eigenvalue weighted by atomic mass is 35.5. The minimum atomic E-state index is -0.632. The molecule has 0 bridgehead atoms. The predicted octanol–water partition coefficient (Wildman–Crippen LogP) is 3.20. The summed E-state index contributed by atoms with van der Waals surface area (Å²) in [6.07, 6.45) is 1.50. The number of carbonyl (C=O) groups is 1. The third-order valence-electron chi connectivity index (χ3n) is 2.59. The standard InChI is InChI=1S/C13H10ClN3O3/c1-8-5-6-9(7-15-8)16-13(18)10-3-2-4-11(12(10)14)17(19)20/h2-7H,1H3,(H,16,18). The Bertz CT molecular complexity index is 671. The molecule has 1 heterocycles. The lowest BCUT2D eigenvalue weighted by Crippen LogP contribution is -2.13. The van der Waals surface area contributed by atoms with Crippen LogP contribution in [0.1, 0.15) is 16.1 Å². The molecule has 20 heavy (non-hydrogen) atoms. The first-order valence-corrected chi connectivity index (χ1v) is 6.04. The number of hydrogen-bond donors (Lipinski definition) is 1. The lowest BCUT2D eigenvalue weighted by Gasteiger charge is -2.06. The number of nitrogens with one attached hydrogen (secondary N) is 1. The Morgan fingerprint density at radius 2 is 2.10 bits per heavy atom.